The lowest BCUT2D eigenvalue weighted by molar-refractivity contribution is -0.143. The van der Waals surface area contributed by atoms with Gasteiger partial charge in [-0.15, -0.1) is 12.4 Å². The molecule has 2 nitrogen and oxygen atoms in total. The van der Waals surface area contributed by atoms with Gasteiger partial charge in [-0.1, -0.05) is 0 Å². The molecular formula is C16H21ClF6N2. The van der Waals surface area contributed by atoms with Crippen molar-refractivity contribution in [1.82, 2.24) is 4.90 Å². The Bertz CT molecular complexity index is 538. The molecule has 0 aromatic heterocycles. The molecule has 0 spiro atoms. The fraction of sp³-hybridized carbons (Fsp3) is 0.625. The van der Waals surface area contributed by atoms with Gasteiger partial charge in [-0.2, -0.15) is 26.3 Å². The zero-order chi connectivity index (χ0) is 18.1. The van der Waals surface area contributed by atoms with Crippen LogP contribution in [0.5, 0.6) is 0 Å². The van der Waals surface area contributed by atoms with Gasteiger partial charge in [0, 0.05) is 19.1 Å². The number of piperidine rings is 1. The highest BCUT2D eigenvalue weighted by Crippen LogP contribution is 2.36. The van der Waals surface area contributed by atoms with Crippen LogP contribution in [0.2, 0.25) is 0 Å². The first kappa shape index (κ1) is 22.1. The molecule has 25 heavy (non-hydrogen) atoms. The van der Waals surface area contributed by atoms with E-state index in [1.54, 1.807) is 0 Å². The molecule has 2 N–H and O–H groups in total. The van der Waals surface area contributed by atoms with Crippen molar-refractivity contribution in [2.45, 2.75) is 44.7 Å². The van der Waals surface area contributed by atoms with Crippen LogP contribution in [0, 0.1) is 5.92 Å². The standard InChI is InChI=1S/C16H20F6N2.ClH/c1-10(23)12-3-2-4-24(9-12)8-11-5-13(15(17,18)19)7-14(6-11)16(20,21)22;/h5-7,10,12H,2-4,8-9,23H2,1H3;1H. The van der Waals surface area contributed by atoms with Crippen molar-refractivity contribution < 1.29 is 26.3 Å². The highest BCUT2D eigenvalue weighted by Gasteiger charge is 2.37. The summed E-state index contributed by atoms with van der Waals surface area (Å²) in [6.07, 6.45) is -7.87. The lowest BCUT2D eigenvalue weighted by atomic mass is 9.92. The largest absolute Gasteiger partial charge is 0.416 e. The Morgan fingerprint density at radius 1 is 1.08 bits per heavy atom. The van der Waals surface area contributed by atoms with E-state index in [1.165, 1.54) is 0 Å². The minimum Gasteiger partial charge on any atom is -0.328 e. The van der Waals surface area contributed by atoms with E-state index in [1.807, 2.05) is 11.8 Å². The van der Waals surface area contributed by atoms with Gasteiger partial charge in [-0.25, -0.2) is 0 Å². The third-order valence-corrected chi connectivity index (χ3v) is 4.34. The zero-order valence-electron chi connectivity index (χ0n) is 13.6. The van der Waals surface area contributed by atoms with Crippen LogP contribution < -0.4 is 5.73 Å². The lowest BCUT2D eigenvalue weighted by Crippen LogP contribution is -2.41. The molecule has 1 fully saturated rings. The van der Waals surface area contributed by atoms with E-state index in [-0.39, 0.29) is 42.5 Å². The number of rotatable bonds is 3. The Balaban J connectivity index is 0.00000312. The molecule has 1 heterocycles. The molecule has 2 rings (SSSR count). The van der Waals surface area contributed by atoms with Crippen LogP contribution in [0.15, 0.2) is 18.2 Å². The summed E-state index contributed by atoms with van der Waals surface area (Å²) in [7, 11) is 0. The normalized spacial score (nSPS) is 20.9. The van der Waals surface area contributed by atoms with Crippen LogP contribution in [0.1, 0.15) is 36.5 Å². The average Bonchev–Trinajstić information content (AvgIpc) is 2.45. The molecule has 2 unspecified atom stereocenters. The molecule has 0 amide bonds. The highest BCUT2D eigenvalue weighted by atomic mass is 35.5. The minimum atomic E-state index is -4.81. The number of nitrogens with two attached hydrogens (primary N) is 1. The molecular weight excluding hydrogens is 370 g/mol. The molecule has 1 aliphatic rings. The van der Waals surface area contributed by atoms with E-state index in [2.05, 4.69) is 0 Å². The fourth-order valence-corrected chi connectivity index (χ4v) is 3.03. The Labute approximate surface area is 148 Å². The number of likely N-dealkylation sites (tertiary alicyclic amines) is 1. The van der Waals surface area contributed by atoms with Gasteiger partial charge in [0.25, 0.3) is 0 Å². The summed E-state index contributed by atoms with van der Waals surface area (Å²) < 4.78 is 77.3. The zero-order valence-corrected chi connectivity index (χ0v) is 14.4. The van der Waals surface area contributed by atoms with Gasteiger partial charge in [0.05, 0.1) is 11.1 Å². The molecule has 1 aromatic rings. The molecule has 2 atom stereocenters. The third-order valence-electron chi connectivity index (χ3n) is 4.34. The van der Waals surface area contributed by atoms with E-state index in [9.17, 15) is 26.3 Å². The van der Waals surface area contributed by atoms with Gasteiger partial charge < -0.3 is 5.73 Å². The molecule has 0 radical (unpaired) electrons. The van der Waals surface area contributed by atoms with E-state index >= 15 is 0 Å². The van der Waals surface area contributed by atoms with Gasteiger partial charge >= 0.3 is 12.4 Å². The second-order valence-corrected chi connectivity index (χ2v) is 6.41. The Hall–Kier alpha value is -0.990. The molecule has 9 heteroatoms. The van der Waals surface area contributed by atoms with Crippen molar-refractivity contribution in [3.8, 4) is 0 Å². The molecule has 0 bridgehead atoms. The van der Waals surface area contributed by atoms with Gasteiger partial charge in [-0.3, -0.25) is 4.90 Å². The molecule has 1 aliphatic heterocycles. The van der Waals surface area contributed by atoms with Crippen LogP contribution >= 0.6 is 12.4 Å². The van der Waals surface area contributed by atoms with Crippen molar-refractivity contribution in [2.24, 2.45) is 11.7 Å². The predicted octanol–water partition coefficient (Wildman–Crippen LogP) is 4.71. The summed E-state index contributed by atoms with van der Waals surface area (Å²) in [5.74, 6) is 0.201. The first-order chi connectivity index (χ1) is 11.0. The predicted molar refractivity (Wildman–Crippen MR) is 85.3 cm³/mol. The van der Waals surface area contributed by atoms with Crippen molar-refractivity contribution in [3.63, 3.8) is 0 Å². The Kier molecular flexibility index (Phi) is 7.18. The molecule has 1 saturated heterocycles. The third kappa shape index (κ3) is 6.04. The van der Waals surface area contributed by atoms with Crippen molar-refractivity contribution in [3.05, 3.63) is 34.9 Å². The number of nitrogens with zero attached hydrogens (tertiary/aromatic N) is 1. The summed E-state index contributed by atoms with van der Waals surface area (Å²) in [6.45, 7) is 3.13. The maximum absolute atomic E-state index is 12.9. The van der Waals surface area contributed by atoms with Gasteiger partial charge in [0.2, 0.25) is 0 Å². The first-order valence-corrected chi connectivity index (χ1v) is 7.73. The second kappa shape index (κ2) is 8.14. The van der Waals surface area contributed by atoms with E-state index in [0.717, 1.165) is 25.0 Å². The van der Waals surface area contributed by atoms with Gasteiger partial charge in [-0.05, 0) is 56.0 Å². The summed E-state index contributed by atoms with van der Waals surface area (Å²) in [5.41, 5.74) is 3.34. The van der Waals surface area contributed by atoms with Crippen LogP contribution in [0.25, 0.3) is 0 Å². The Morgan fingerprint density at radius 3 is 2.04 bits per heavy atom. The van der Waals surface area contributed by atoms with Crippen LogP contribution in [-0.4, -0.2) is 24.0 Å². The van der Waals surface area contributed by atoms with Crippen molar-refractivity contribution >= 4 is 12.4 Å². The molecule has 144 valence electrons. The maximum atomic E-state index is 12.9. The van der Waals surface area contributed by atoms with Crippen LogP contribution in [0.3, 0.4) is 0 Å². The second-order valence-electron chi connectivity index (χ2n) is 6.41. The quantitative estimate of drug-likeness (QED) is 0.758. The van der Waals surface area contributed by atoms with Crippen molar-refractivity contribution in [1.29, 1.82) is 0 Å². The van der Waals surface area contributed by atoms with E-state index in [0.29, 0.717) is 13.1 Å². The summed E-state index contributed by atoms with van der Waals surface area (Å²) >= 11 is 0. The van der Waals surface area contributed by atoms with Gasteiger partial charge in [0.1, 0.15) is 0 Å². The van der Waals surface area contributed by atoms with E-state index < -0.39 is 23.5 Å². The Morgan fingerprint density at radius 2 is 1.60 bits per heavy atom. The monoisotopic (exact) mass is 390 g/mol. The van der Waals surface area contributed by atoms with Gasteiger partial charge in [0.15, 0.2) is 0 Å². The minimum absolute atomic E-state index is 0. The number of hydrogen-bond donors (Lipinski definition) is 1. The summed E-state index contributed by atoms with van der Waals surface area (Å²) in [6, 6.07) is 1.69. The highest BCUT2D eigenvalue weighted by molar-refractivity contribution is 5.85. The number of benzene rings is 1. The smallest absolute Gasteiger partial charge is 0.328 e. The van der Waals surface area contributed by atoms with E-state index in [4.69, 9.17) is 5.73 Å². The number of alkyl halides is 6. The summed E-state index contributed by atoms with van der Waals surface area (Å²) in [5, 5.41) is 0. The SMILES string of the molecule is CC(N)C1CCCN(Cc2cc(C(F)(F)F)cc(C(F)(F)F)c2)C1.Cl. The van der Waals surface area contributed by atoms with Crippen LogP contribution in [0.4, 0.5) is 26.3 Å². The fourth-order valence-electron chi connectivity index (χ4n) is 3.03. The number of halogens is 7. The number of hydrogen-bond acceptors (Lipinski definition) is 2. The lowest BCUT2D eigenvalue weighted by Gasteiger charge is -2.34. The molecule has 0 saturated carbocycles. The average molecular weight is 391 g/mol. The maximum Gasteiger partial charge on any atom is 0.416 e. The topological polar surface area (TPSA) is 29.3 Å². The van der Waals surface area contributed by atoms with Crippen LogP contribution in [-0.2, 0) is 18.9 Å². The molecule has 0 aliphatic carbocycles. The molecule has 1 aromatic carbocycles. The van der Waals surface area contributed by atoms with Crippen molar-refractivity contribution in [2.75, 3.05) is 13.1 Å². The summed E-state index contributed by atoms with van der Waals surface area (Å²) in [4.78, 5) is 1.87. The first-order valence-electron chi connectivity index (χ1n) is 7.73.